The molecule has 0 bridgehead atoms. The van der Waals surface area contributed by atoms with Crippen molar-refractivity contribution < 1.29 is 19.1 Å². The number of carbonyl (C=O) groups is 2. The zero-order valence-electron chi connectivity index (χ0n) is 10.9. The van der Waals surface area contributed by atoms with Crippen LogP contribution in [-0.2, 0) is 19.1 Å². The van der Waals surface area contributed by atoms with Crippen LogP contribution in [0.1, 0.15) is 32.1 Å². The van der Waals surface area contributed by atoms with E-state index in [1.807, 2.05) is 0 Å². The molecule has 18 heavy (non-hydrogen) atoms. The topological polar surface area (TPSA) is 55.8 Å². The summed E-state index contributed by atoms with van der Waals surface area (Å²) in [7, 11) is 1.40. The SMILES string of the molecule is COC(=O)C1CCCN(C(=O)C2CCCCO2)C1. The van der Waals surface area contributed by atoms with Crippen molar-refractivity contribution in [1.82, 2.24) is 4.90 Å². The van der Waals surface area contributed by atoms with E-state index in [1.54, 1.807) is 4.90 Å². The normalized spacial score (nSPS) is 28.8. The fraction of sp³-hybridized carbons (Fsp3) is 0.846. The van der Waals surface area contributed by atoms with Crippen LogP contribution < -0.4 is 0 Å². The van der Waals surface area contributed by atoms with Crippen LogP contribution in [0.15, 0.2) is 0 Å². The summed E-state index contributed by atoms with van der Waals surface area (Å²) in [5.74, 6) is -0.336. The van der Waals surface area contributed by atoms with Gasteiger partial charge in [0.05, 0.1) is 13.0 Å². The van der Waals surface area contributed by atoms with E-state index in [0.717, 1.165) is 38.6 Å². The van der Waals surface area contributed by atoms with E-state index in [1.165, 1.54) is 7.11 Å². The van der Waals surface area contributed by atoms with Gasteiger partial charge >= 0.3 is 5.97 Å². The predicted molar refractivity (Wildman–Crippen MR) is 64.9 cm³/mol. The highest BCUT2D eigenvalue weighted by Crippen LogP contribution is 2.21. The Kier molecular flexibility index (Phi) is 4.58. The Morgan fingerprint density at radius 2 is 2.06 bits per heavy atom. The Hall–Kier alpha value is -1.10. The molecule has 0 spiro atoms. The molecule has 5 heteroatoms. The molecule has 102 valence electrons. The van der Waals surface area contributed by atoms with Crippen molar-refractivity contribution in [1.29, 1.82) is 0 Å². The Balaban J connectivity index is 1.91. The maximum absolute atomic E-state index is 12.3. The first-order valence-corrected chi connectivity index (χ1v) is 6.70. The van der Waals surface area contributed by atoms with Gasteiger partial charge in [-0.3, -0.25) is 9.59 Å². The summed E-state index contributed by atoms with van der Waals surface area (Å²) in [6, 6.07) is 0. The third-order valence-electron chi connectivity index (χ3n) is 3.72. The molecule has 2 aliphatic heterocycles. The molecule has 0 N–H and O–H groups in total. The molecular formula is C13H21NO4. The van der Waals surface area contributed by atoms with Gasteiger partial charge in [0.1, 0.15) is 6.10 Å². The highest BCUT2D eigenvalue weighted by atomic mass is 16.5. The molecule has 5 nitrogen and oxygen atoms in total. The Labute approximate surface area is 107 Å². The van der Waals surface area contributed by atoms with E-state index in [4.69, 9.17) is 9.47 Å². The number of likely N-dealkylation sites (tertiary alicyclic amines) is 1. The minimum atomic E-state index is -0.296. The average Bonchev–Trinajstić information content (AvgIpc) is 2.46. The van der Waals surface area contributed by atoms with Gasteiger partial charge in [-0.05, 0) is 32.1 Å². The summed E-state index contributed by atoms with van der Waals surface area (Å²) >= 11 is 0. The van der Waals surface area contributed by atoms with Crippen LogP contribution in [0.25, 0.3) is 0 Å². The van der Waals surface area contributed by atoms with Gasteiger partial charge in [0.25, 0.3) is 5.91 Å². The summed E-state index contributed by atoms with van der Waals surface area (Å²) in [5.41, 5.74) is 0. The van der Waals surface area contributed by atoms with E-state index < -0.39 is 0 Å². The van der Waals surface area contributed by atoms with Crippen molar-refractivity contribution in [3.63, 3.8) is 0 Å². The minimum absolute atomic E-state index is 0.0447. The first kappa shape index (κ1) is 13.3. The lowest BCUT2D eigenvalue weighted by Gasteiger charge is -2.34. The highest BCUT2D eigenvalue weighted by Gasteiger charge is 2.33. The monoisotopic (exact) mass is 255 g/mol. The molecule has 2 rings (SSSR count). The van der Waals surface area contributed by atoms with Crippen molar-refractivity contribution in [2.45, 2.75) is 38.2 Å². The second-order valence-electron chi connectivity index (χ2n) is 5.00. The second kappa shape index (κ2) is 6.18. The first-order valence-electron chi connectivity index (χ1n) is 6.70. The molecule has 2 aliphatic rings. The van der Waals surface area contributed by atoms with E-state index in [0.29, 0.717) is 13.2 Å². The van der Waals surface area contributed by atoms with Gasteiger partial charge in [-0.2, -0.15) is 0 Å². The molecule has 0 saturated carbocycles. The molecule has 0 aromatic heterocycles. The van der Waals surface area contributed by atoms with Crippen molar-refractivity contribution in [2.75, 3.05) is 26.8 Å². The number of piperidine rings is 1. The maximum atomic E-state index is 12.3. The van der Waals surface area contributed by atoms with Crippen LogP contribution in [-0.4, -0.2) is 49.7 Å². The quantitative estimate of drug-likeness (QED) is 0.690. The summed E-state index contributed by atoms with van der Waals surface area (Å²) in [5, 5.41) is 0. The Morgan fingerprint density at radius 1 is 1.22 bits per heavy atom. The second-order valence-corrected chi connectivity index (χ2v) is 5.00. The smallest absolute Gasteiger partial charge is 0.310 e. The van der Waals surface area contributed by atoms with E-state index in [9.17, 15) is 9.59 Å². The van der Waals surface area contributed by atoms with Crippen molar-refractivity contribution in [3.8, 4) is 0 Å². The number of ether oxygens (including phenoxy) is 2. The number of methoxy groups -OCH3 is 1. The number of carbonyl (C=O) groups excluding carboxylic acids is 2. The lowest BCUT2D eigenvalue weighted by atomic mass is 9.97. The summed E-state index contributed by atoms with van der Waals surface area (Å²) in [6.45, 7) is 1.88. The molecule has 1 amide bonds. The number of hydrogen-bond acceptors (Lipinski definition) is 4. The van der Waals surface area contributed by atoms with Gasteiger partial charge in [-0.1, -0.05) is 0 Å². The van der Waals surface area contributed by atoms with Crippen LogP contribution in [0, 0.1) is 5.92 Å². The van der Waals surface area contributed by atoms with Crippen LogP contribution in [0.3, 0.4) is 0 Å². The number of rotatable bonds is 2. The molecule has 2 fully saturated rings. The van der Waals surface area contributed by atoms with Crippen LogP contribution in [0.4, 0.5) is 0 Å². The average molecular weight is 255 g/mol. The zero-order valence-corrected chi connectivity index (χ0v) is 10.9. The molecule has 2 atom stereocenters. The Bertz CT molecular complexity index is 312. The molecule has 2 unspecified atom stereocenters. The van der Waals surface area contributed by atoms with E-state index in [-0.39, 0.29) is 23.9 Å². The van der Waals surface area contributed by atoms with Crippen molar-refractivity contribution in [3.05, 3.63) is 0 Å². The molecule has 0 aromatic rings. The summed E-state index contributed by atoms with van der Waals surface area (Å²) in [4.78, 5) is 25.5. The number of nitrogens with zero attached hydrogens (tertiary/aromatic N) is 1. The zero-order chi connectivity index (χ0) is 13.0. The fourth-order valence-electron chi connectivity index (χ4n) is 2.68. The van der Waals surface area contributed by atoms with Gasteiger partial charge in [0.15, 0.2) is 0 Å². The maximum Gasteiger partial charge on any atom is 0.310 e. The number of esters is 1. The molecule has 2 heterocycles. The van der Waals surface area contributed by atoms with Gasteiger partial charge in [-0.15, -0.1) is 0 Å². The highest BCUT2D eigenvalue weighted by molar-refractivity contribution is 5.82. The molecular weight excluding hydrogens is 234 g/mol. The number of amides is 1. The molecule has 0 aliphatic carbocycles. The van der Waals surface area contributed by atoms with E-state index in [2.05, 4.69) is 0 Å². The van der Waals surface area contributed by atoms with Gasteiger partial charge in [0.2, 0.25) is 0 Å². The molecule has 0 aromatic carbocycles. The predicted octanol–water partition coefficient (Wildman–Crippen LogP) is 0.967. The third kappa shape index (κ3) is 3.02. The first-order chi connectivity index (χ1) is 8.72. The van der Waals surface area contributed by atoms with Crippen LogP contribution >= 0.6 is 0 Å². The van der Waals surface area contributed by atoms with Crippen molar-refractivity contribution >= 4 is 11.9 Å². The lowest BCUT2D eigenvalue weighted by Crippen LogP contribution is -2.48. The fourth-order valence-corrected chi connectivity index (χ4v) is 2.68. The standard InChI is InChI=1S/C13H21NO4/c1-17-13(16)10-5-4-7-14(9-10)12(15)11-6-2-3-8-18-11/h10-11H,2-9H2,1H3. The summed E-state index contributed by atoms with van der Waals surface area (Å²) in [6.07, 6.45) is 4.26. The van der Waals surface area contributed by atoms with Gasteiger partial charge in [-0.25, -0.2) is 0 Å². The third-order valence-corrected chi connectivity index (χ3v) is 3.72. The van der Waals surface area contributed by atoms with Gasteiger partial charge < -0.3 is 14.4 Å². The minimum Gasteiger partial charge on any atom is -0.469 e. The van der Waals surface area contributed by atoms with Crippen LogP contribution in [0.2, 0.25) is 0 Å². The Morgan fingerprint density at radius 3 is 2.72 bits per heavy atom. The van der Waals surface area contributed by atoms with Crippen molar-refractivity contribution in [2.24, 2.45) is 5.92 Å². The van der Waals surface area contributed by atoms with E-state index >= 15 is 0 Å². The number of hydrogen-bond donors (Lipinski definition) is 0. The molecule has 0 radical (unpaired) electrons. The van der Waals surface area contributed by atoms with Crippen LogP contribution in [0.5, 0.6) is 0 Å². The molecule has 2 saturated heterocycles. The largest absolute Gasteiger partial charge is 0.469 e. The lowest BCUT2D eigenvalue weighted by molar-refractivity contribution is -0.153. The summed E-state index contributed by atoms with van der Waals surface area (Å²) < 4.78 is 10.3. The van der Waals surface area contributed by atoms with Gasteiger partial charge in [0, 0.05) is 19.7 Å².